The van der Waals surface area contributed by atoms with Crippen LogP contribution in [0.4, 0.5) is 0 Å². The van der Waals surface area contributed by atoms with Gasteiger partial charge in [0.05, 0.1) is 7.11 Å². The van der Waals surface area contributed by atoms with Gasteiger partial charge in [0.1, 0.15) is 5.75 Å². The third-order valence-corrected chi connectivity index (χ3v) is 4.38. The maximum atomic E-state index is 6.29. The first-order valence-corrected chi connectivity index (χ1v) is 6.52. The van der Waals surface area contributed by atoms with Crippen molar-refractivity contribution in [2.75, 3.05) is 7.11 Å². The summed E-state index contributed by atoms with van der Waals surface area (Å²) < 4.78 is 6.53. The van der Waals surface area contributed by atoms with Crippen LogP contribution in [0.5, 0.6) is 5.75 Å². The van der Waals surface area contributed by atoms with E-state index in [1.54, 1.807) is 7.11 Å². The van der Waals surface area contributed by atoms with Crippen molar-refractivity contribution in [3.8, 4) is 5.75 Å². The molecule has 1 aliphatic rings. The summed E-state index contributed by atoms with van der Waals surface area (Å²) in [6.07, 6.45) is 3.80. The van der Waals surface area contributed by atoms with Gasteiger partial charge in [-0.3, -0.25) is 0 Å². The van der Waals surface area contributed by atoms with E-state index in [0.29, 0.717) is 5.92 Å². The van der Waals surface area contributed by atoms with E-state index in [4.69, 9.17) is 10.5 Å². The second-order valence-electron chi connectivity index (χ2n) is 4.56. The Bertz CT molecular complexity index is 388. The number of rotatable bonds is 3. The zero-order valence-corrected chi connectivity index (χ0v) is 11.4. The zero-order chi connectivity index (χ0) is 11.7. The Morgan fingerprint density at radius 2 is 2.12 bits per heavy atom. The molecule has 1 aliphatic carbocycles. The van der Waals surface area contributed by atoms with E-state index in [1.165, 1.54) is 24.8 Å². The number of hydrogen-bond donors (Lipinski definition) is 1. The molecule has 0 aliphatic heterocycles. The Morgan fingerprint density at radius 3 is 2.62 bits per heavy atom. The van der Waals surface area contributed by atoms with Crippen LogP contribution in [0.3, 0.4) is 0 Å². The standard InChI is InChI=1S/C13H18BrNO/c1-8-6-12(16-2)10(7-11(8)14)13(15)9-4-3-5-9/h6-7,9,13H,3-5,15H2,1-2H3. The highest BCUT2D eigenvalue weighted by Crippen LogP contribution is 2.40. The molecular weight excluding hydrogens is 266 g/mol. The molecule has 0 spiro atoms. The summed E-state index contributed by atoms with van der Waals surface area (Å²) in [5.41, 5.74) is 8.61. The molecule has 2 N–H and O–H groups in total. The number of aryl methyl sites for hydroxylation is 1. The molecule has 1 saturated carbocycles. The topological polar surface area (TPSA) is 35.2 Å². The molecule has 16 heavy (non-hydrogen) atoms. The molecule has 1 aromatic rings. The predicted octanol–water partition coefficient (Wildman–Crippen LogP) is 3.57. The van der Waals surface area contributed by atoms with Gasteiger partial charge in [-0.25, -0.2) is 0 Å². The predicted molar refractivity (Wildman–Crippen MR) is 69.7 cm³/mol. The van der Waals surface area contributed by atoms with Crippen molar-refractivity contribution in [2.45, 2.75) is 32.2 Å². The largest absolute Gasteiger partial charge is 0.496 e. The minimum Gasteiger partial charge on any atom is -0.496 e. The Kier molecular flexibility index (Phi) is 3.55. The minimum absolute atomic E-state index is 0.112. The number of methoxy groups -OCH3 is 1. The van der Waals surface area contributed by atoms with Crippen molar-refractivity contribution in [1.82, 2.24) is 0 Å². The summed E-state index contributed by atoms with van der Waals surface area (Å²) in [6.45, 7) is 2.06. The Hall–Kier alpha value is -0.540. The highest BCUT2D eigenvalue weighted by molar-refractivity contribution is 9.10. The first-order chi connectivity index (χ1) is 7.63. The number of ether oxygens (including phenoxy) is 1. The first kappa shape index (κ1) is 11.9. The van der Waals surface area contributed by atoms with E-state index >= 15 is 0 Å². The van der Waals surface area contributed by atoms with Gasteiger partial charge in [-0.1, -0.05) is 22.4 Å². The lowest BCUT2D eigenvalue weighted by Gasteiger charge is -2.32. The average molecular weight is 284 g/mol. The first-order valence-electron chi connectivity index (χ1n) is 5.73. The van der Waals surface area contributed by atoms with Crippen molar-refractivity contribution >= 4 is 15.9 Å². The molecule has 1 unspecified atom stereocenters. The van der Waals surface area contributed by atoms with Gasteiger partial charge in [-0.05, 0) is 43.4 Å². The maximum Gasteiger partial charge on any atom is 0.123 e. The maximum absolute atomic E-state index is 6.29. The Balaban J connectivity index is 2.33. The second-order valence-corrected chi connectivity index (χ2v) is 5.41. The summed E-state index contributed by atoms with van der Waals surface area (Å²) in [7, 11) is 1.71. The molecular formula is C13H18BrNO. The smallest absolute Gasteiger partial charge is 0.123 e. The van der Waals surface area contributed by atoms with E-state index in [0.717, 1.165) is 15.8 Å². The third kappa shape index (κ3) is 2.11. The van der Waals surface area contributed by atoms with Crippen molar-refractivity contribution < 1.29 is 4.74 Å². The van der Waals surface area contributed by atoms with E-state index in [9.17, 15) is 0 Å². The Labute approximate surface area is 105 Å². The number of halogens is 1. The second kappa shape index (κ2) is 4.76. The van der Waals surface area contributed by atoms with Crippen LogP contribution in [-0.4, -0.2) is 7.11 Å². The monoisotopic (exact) mass is 283 g/mol. The highest BCUT2D eigenvalue weighted by Gasteiger charge is 2.27. The fourth-order valence-corrected chi connectivity index (χ4v) is 2.52. The van der Waals surface area contributed by atoms with Crippen molar-refractivity contribution in [3.63, 3.8) is 0 Å². The number of nitrogens with two attached hydrogens (primary N) is 1. The lowest BCUT2D eigenvalue weighted by Crippen LogP contribution is -2.27. The molecule has 0 saturated heterocycles. The van der Waals surface area contributed by atoms with E-state index in [-0.39, 0.29) is 6.04 Å². The van der Waals surface area contributed by atoms with Crippen LogP contribution in [0.1, 0.15) is 36.4 Å². The molecule has 1 aromatic carbocycles. The van der Waals surface area contributed by atoms with Crippen molar-refractivity contribution in [3.05, 3.63) is 27.7 Å². The molecule has 1 fully saturated rings. The van der Waals surface area contributed by atoms with E-state index in [1.807, 2.05) is 0 Å². The fraction of sp³-hybridized carbons (Fsp3) is 0.538. The van der Waals surface area contributed by atoms with Crippen LogP contribution in [-0.2, 0) is 0 Å². The van der Waals surface area contributed by atoms with Gasteiger partial charge in [-0.15, -0.1) is 0 Å². The van der Waals surface area contributed by atoms with Crippen LogP contribution >= 0.6 is 15.9 Å². The molecule has 88 valence electrons. The highest BCUT2D eigenvalue weighted by atomic mass is 79.9. The van der Waals surface area contributed by atoms with E-state index in [2.05, 4.69) is 35.0 Å². The van der Waals surface area contributed by atoms with Gasteiger partial charge in [0.2, 0.25) is 0 Å². The van der Waals surface area contributed by atoms with Crippen LogP contribution in [0.2, 0.25) is 0 Å². The summed E-state index contributed by atoms with van der Waals surface area (Å²) in [5.74, 6) is 1.55. The lowest BCUT2D eigenvalue weighted by atomic mass is 9.77. The van der Waals surface area contributed by atoms with Gasteiger partial charge in [0, 0.05) is 16.1 Å². The fourth-order valence-electron chi connectivity index (χ4n) is 2.16. The minimum atomic E-state index is 0.112. The summed E-state index contributed by atoms with van der Waals surface area (Å²) in [5, 5.41) is 0. The normalized spacial score (nSPS) is 18.0. The number of hydrogen-bond acceptors (Lipinski definition) is 2. The molecule has 3 heteroatoms. The Morgan fingerprint density at radius 1 is 1.44 bits per heavy atom. The van der Waals surface area contributed by atoms with Crippen molar-refractivity contribution in [2.24, 2.45) is 11.7 Å². The van der Waals surface area contributed by atoms with Gasteiger partial charge in [0.25, 0.3) is 0 Å². The quantitative estimate of drug-likeness (QED) is 0.921. The van der Waals surface area contributed by atoms with Gasteiger partial charge < -0.3 is 10.5 Å². The van der Waals surface area contributed by atoms with Crippen LogP contribution in [0.25, 0.3) is 0 Å². The molecule has 0 radical (unpaired) electrons. The summed E-state index contributed by atoms with van der Waals surface area (Å²) in [4.78, 5) is 0. The SMILES string of the molecule is COc1cc(C)c(Br)cc1C(N)C1CCC1. The summed E-state index contributed by atoms with van der Waals surface area (Å²) in [6, 6.07) is 4.27. The van der Waals surface area contributed by atoms with Crippen LogP contribution < -0.4 is 10.5 Å². The molecule has 0 aromatic heterocycles. The van der Waals surface area contributed by atoms with Crippen LogP contribution in [0, 0.1) is 12.8 Å². The van der Waals surface area contributed by atoms with Gasteiger partial charge in [-0.2, -0.15) is 0 Å². The van der Waals surface area contributed by atoms with Gasteiger partial charge in [0.15, 0.2) is 0 Å². The zero-order valence-electron chi connectivity index (χ0n) is 9.79. The summed E-state index contributed by atoms with van der Waals surface area (Å²) >= 11 is 3.56. The third-order valence-electron chi connectivity index (χ3n) is 3.53. The van der Waals surface area contributed by atoms with Crippen molar-refractivity contribution in [1.29, 1.82) is 0 Å². The lowest BCUT2D eigenvalue weighted by molar-refractivity contribution is 0.259. The van der Waals surface area contributed by atoms with Crippen LogP contribution in [0.15, 0.2) is 16.6 Å². The molecule has 2 rings (SSSR count). The number of benzene rings is 1. The molecule has 0 bridgehead atoms. The van der Waals surface area contributed by atoms with Gasteiger partial charge >= 0.3 is 0 Å². The molecule has 2 nitrogen and oxygen atoms in total. The molecule has 1 atom stereocenters. The average Bonchev–Trinajstić information content (AvgIpc) is 2.18. The molecule has 0 amide bonds. The van der Waals surface area contributed by atoms with E-state index < -0.39 is 0 Å². The molecule has 0 heterocycles.